The van der Waals surface area contributed by atoms with E-state index in [0.717, 1.165) is 31.4 Å². The first-order chi connectivity index (χ1) is 9.63. The molecule has 21 heavy (non-hydrogen) atoms. The van der Waals surface area contributed by atoms with Crippen molar-refractivity contribution in [3.8, 4) is 0 Å². The molecule has 118 valence electrons. The normalized spacial score (nSPS) is 22.2. The number of nitrogens with two attached hydrogens (primary N) is 1. The van der Waals surface area contributed by atoms with E-state index >= 15 is 0 Å². The molecular weight excluding hydrogens is 298 g/mol. The summed E-state index contributed by atoms with van der Waals surface area (Å²) in [6.07, 6.45) is 3.44. The van der Waals surface area contributed by atoms with E-state index in [1.54, 1.807) is 0 Å². The van der Waals surface area contributed by atoms with Gasteiger partial charge in [-0.2, -0.15) is 0 Å². The Balaban J connectivity index is 2.35. The fraction of sp³-hybridized carbons (Fsp3) is 0.571. The van der Waals surface area contributed by atoms with E-state index in [0.29, 0.717) is 6.42 Å². The Labute approximate surface area is 123 Å². The van der Waals surface area contributed by atoms with Crippen molar-refractivity contribution in [1.82, 2.24) is 4.72 Å². The fourth-order valence-corrected chi connectivity index (χ4v) is 4.36. The molecular formula is C14H20F2N2O2S. The van der Waals surface area contributed by atoms with E-state index in [9.17, 15) is 17.2 Å². The number of hydrogen-bond donors (Lipinski definition) is 2. The van der Waals surface area contributed by atoms with Gasteiger partial charge in [-0.05, 0) is 30.4 Å². The van der Waals surface area contributed by atoms with Gasteiger partial charge in [0.05, 0.1) is 0 Å². The van der Waals surface area contributed by atoms with E-state index in [1.165, 1.54) is 0 Å². The number of nitrogens with one attached hydrogen (secondary N) is 1. The second-order valence-corrected chi connectivity index (χ2v) is 7.87. The number of hydrogen-bond acceptors (Lipinski definition) is 3. The minimum atomic E-state index is -4.26. The van der Waals surface area contributed by atoms with Crippen LogP contribution in [-0.2, 0) is 10.0 Å². The zero-order valence-electron chi connectivity index (χ0n) is 12.1. The number of nitrogen functional groups attached to an aromatic ring is 1. The molecule has 4 nitrogen and oxygen atoms in total. The minimum absolute atomic E-state index is 0.151. The largest absolute Gasteiger partial charge is 0.399 e. The van der Waals surface area contributed by atoms with Crippen molar-refractivity contribution in [2.45, 2.75) is 50.5 Å². The van der Waals surface area contributed by atoms with Crippen LogP contribution >= 0.6 is 0 Å². The van der Waals surface area contributed by atoms with E-state index in [1.807, 2.05) is 13.8 Å². The fourth-order valence-electron chi connectivity index (χ4n) is 2.79. The Hall–Kier alpha value is -1.21. The van der Waals surface area contributed by atoms with Crippen LogP contribution in [0.2, 0.25) is 0 Å². The summed E-state index contributed by atoms with van der Waals surface area (Å²) >= 11 is 0. The van der Waals surface area contributed by atoms with Crippen LogP contribution in [0.1, 0.15) is 39.5 Å². The molecule has 3 N–H and O–H groups in total. The van der Waals surface area contributed by atoms with Crippen molar-refractivity contribution in [2.75, 3.05) is 5.73 Å². The predicted molar refractivity (Wildman–Crippen MR) is 77.1 cm³/mol. The molecule has 0 radical (unpaired) electrons. The van der Waals surface area contributed by atoms with E-state index < -0.39 is 26.6 Å². The monoisotopic (exact) mass is 318 g/mol. The Morgan fingerprint density at radius 2 is 1.81 bits per heavy atom. The first-order valence-corrected chi connectivity index (χ1v) is 8.39. The average molecular weight is 318 g/mol. The Kier molecular flexibility index (Phi) is 4.26. The second kappa shape index (κ2) is 5.53. The van der Waals surface area contributed by atoms with Gasteiger partial charge in [-0.25, -0.2) is 21.9 Å². The first kappa shape index (κ1) is 16.2. The SMILES string of the molecule is CC1(C)CCCCC1NS(=O)(=O)c1c(F)cc(N)cc1F. The number of rotatable bonds is 3. The maximum atomic E-state index is 13.8. The molecule has 1 unspecified atom stereocenters. The summed E-state index contributed by atoms with van der Waals surface area (Å²) in [6, 6.07) is 1.28. The van der Waals surface area contributed by atoms with E-state index in [-0.39, 0.29) is 17.1 Å². The van der Waals surface area contributed by atoms with Gasteiger partial charge in [0.15, 0.2) is 4.90 Å². The lowest BCUT2D eigenvalue weighted by Crippen LogP contribution is -2.47. The van der Waals surface area contributed by atoms with Crippen molar-refractivity contribution < 1.29 is 17.2 Å². The smallest absolute Gasteiger partial charge is 0.246 e. The van der Waals surface area contributed by atoms with Gasteiger partial charge in [-0.15, -0.1) is 0 Å². The van der Waals surface area contributed by atoms with Crippen molar-refractivity contribution in [1.29, 1.82) is 0 Å². The number of sulfonamides is 1. The Morgan fingerprint density at radius 3 is 2.33 bits per heavy atom. The maximum absolute atomic E-state index is 13.8. The lowest BCUT2D eigenvalue weighted by Gasteiger charge is -2.38. The molecule has 0 aliphatic heterocycles. The minimum Gasteiger partial charge on any atom is -0.399 e. The van der Waals surface area contributed by atoms with Crippen molar-refractivity contribution >= 4 is 15.7 Å². The average Bonchev–Trinajstić information content (AvgIpc) is 2.29. The third kappa shape index (κ3) is 3.35. The summed E-state index contributed by atoms with van der Waals surface area (Å²) in [7, 11) is -4.26. The van der Waals surface area contributed by atoms with Gasteiger partial charge in [0.2, 0.25) is 10.0 Å². The van der Waals surface area contributed by atoms with Crippen molar-refractivity contribution in [3.63, 3.8) is 0 Å². The highest BCUT2D eigenvalue weighted by Crippen LogP contribution is 2.36. The van der Waals surface area contributed by atoms with E-state index in [2.05, 4.69) is 4.72 Å². The highest BCUT2D eigenvalue weighted by molar-refractivity contribution is 7.89. The van der Waals surface area contributed by atoms with Crippen LogP contribution < -0.4 is 10.5 Å². The molecule has 1 aromatic rings. The molecule has 1 aliphatic rings. The molecule has 7 heteroatoms. The third-order valence-corrected chi connectivity index (χ3v) is 5.62. The van der Waals surface area contributed by atoms with Crippen LogP contribution in [0.5, 0.6) is 0 Å². The molecule has 0 amide bonds. The lowest BCUT2D eigenvalue weighted by atomic mass is 9.74. The number of anilines is 1. The van der Waals surface area contributed by atoms with Crippen LogP contribution in [0.4, 0.5) is 14.5 Å². The number of halogens is 2. The summed E-state index contributed by atoms with van der Waals surface area (Å²) in [5, 5.41) is 0. The van der Waals surface area contributed by atoms with E-state index in [4.69, 9.17) is 5.73 Å². The van der Waals surface area contributed by atoms with Gasteiger partial charge in [0, 0.05) is 11.7 Å². The first-order valence-electron chi connectivity index (χ1n) is 6.90. The molecule has 1 atom stereocenters. The quantitative estimate of drug-likeness (QED) is 0.842. The lowest BCUT2D eigenvalue weighted by molar-refractivity contribution is 0.188. The molecule has 1 aliphatic carbocycles. The van der Waals surface area contributed by atoms with Gasteiger partial charge in [-0.3, -0.25) is 0 Å². The summed E-state index contributed by atoms with van der Waals surface area (Å²) in [6.45, 7) is 3.91. The van der Waals surface area contributed by atoms with Gasteiger partial charge in [-0.1, -0.05) is 26.7 Å². The molecule has 0 aromatic heterocycles. The Morgan fingerprint density at radius 1 is 1.24 bits per heavy atom. The van der Waals surface area contributed by atoms with Crippen LogP contribution in [0.3, 0.4) is 0 Å². The zero-order chi connectivity index (χ0) is 15.8. The summed E-state index contributed by atoms with van der Waals surface area (Å²) in [4.78, 5) is -0.960. The van der Waals surface area contributed by atoms with Crippen LogP contribution in [-0.4, -0.2) is 14.5 Å². The van der Waals surface area contributed by atoms with Gasteiger partial charge < -0.3 is 5.73 Å². The molecule has 0 bridgehead atoms. The summed E-state index contributed by atoms with van der Waals surface area (Å²) in [5.41, 5.74) is 4.91. The summed E-state index contributed by atoms with van der Waals surface area (Å²) in [5.74, 6) is -2.35. The standard InChI is InChI=1S/C14H20F2N2O2S/c1-14(2)6-4-3-5-12(14)18-21(19,20)13-10(15)7-9(17)8-11(13)16/h7-8,12,18H,3-6,17H2,1-2H3. The van der Waals surface area contributed by atoms with Crippen LogP contribution in [0, 0.1) is 17.0 Å². The van der Waals surface area contributed by atoms with Gasteiger partial charge in [0.25, 0.3) is 0 Å². The Bertz CT molecular complexity index is 621. The molecule has 2 rings (SSSR count). The maximum Gasteiger partial charge on any atom is 0.246 e. The van der Waals surface area contributed by atoms with Gasteiger partial charge >= 0.3 is 0 Å². The summed E-state index contributed by atoms with van der Waals surface area (Å²) < 4.78 is 54.7. The molecule has 0 heterocycles. The number of benzene rings is 1. The molecule has 1 saturated carbocycles. The molecule has 0 spiro atoms. The van der Waals surface area contributed by atoms with Crippen LogP contribution in [0.25, 0.3) is 0 Å². The molecule has 1 fully saturated rings. The predicted octanol–water partition coefficient (Wildman–Crippen LogP) is 2.79. The highest BCUT2D eigenvalue weighted by atomic mass is 32.2. The second-order valence-electron chi connectivity index (χ2n) is 6.22. The van der Waals surface area contributed by atoms with Crippen molar-refractivity contribution in [3.05, 3.63) is 23.8 Å². The topological polar surface area (TPSA) is 72.2 Å². The van der Waals surface area contributed by atoms with Crippen LogP contribution in [0.15, 0.2) is 17.0 Å². The van der Waals surface area contributed by atoms with Gasteiger partial charge in [0.1, 0.15) is 11.6 Å². The van der Waals surface area contributed by atoms with Crippen molar-refractivity contribution in [2.24, 2.45) is 5.41 Å². The molecule has 1 aromatic carbocycles. The zero-order valence-corrected chi connectivity index (χ0v) is 12.9. The molecule has 0 saturated heterocycles. The third-order valence-electron chi connectivity index (χ3n) is 4.09. The highest BCUT2D eigenvalue weighted by Gasteiger charge is 2.36.